The predicted octanol–water partition coefficient (Wildman–Crippen LogP) is 2.29. The molecule has 0 spiro atoms. The zero-order chi connectivity index (χ0) is 11.4. The van der Waals surface area contributed by atoms with Crippen LogP contribution in [0, 0.1) is 0 Å². The molecule has 5 heteroatoms. The largest absolute Gasteiger partial charge is 0.482 e. The second-order valence-electron chi connectivity index (χ2n) is 3.15. The lowest BCUT2D eigenvalue weighted by Gasteiger charge is -2.08. The first-order valence-corrected chi connectivity index (χ1v) is 5.08. The van der Waals surface area contributed by atoms with E-state index in [-0.39, 0.29) is 11.0 Å². The maximum Gasteiger partial charge on any atom is 0.199 e. The summed E-state index contributed by atoms with van der Waals surface area (Å²) in [5.41, 5.74) is 6.65. The average Bonchev–Trinajstić information content (AvgIpc) is 2.30. The van der Waals surface area contributed by atoms with Gasteiger partial charge in [0.15, 0.2) is 16.7 Å². The van der Waals surface area contributed by atoms with Crippen molar-refractivity contribution < 1.29 is 4.74 Å². The Morgan fingerprint density at radius 1 is 1.19 bits per heavy atom. The lowest BCUT2D eigenvalue weighted by atomic mass is 10.2. The van der Waals surface area contributed by atoms with Gasteiger partial charge in [-0.1, -0.05) is 41.9 Å². The van der Waals surface area contributed by atoms with Crippen LogP contribution in [-0.4, -0.2) is 9.97 Å². The van der Waals surface area contributed by atoms with Crippen LogP contribution in [0.25, 0.3) is 0 Å². The molecule has 0 saturated carbocycles. The topological polar surface area (TPSA) is 61.0 Å². The highest BCUT2D eigenvalue weighted by molar-refractivity contribution is 6.31. The summed E-state index contributed by atoms with van der Waals surface area (Å²) in [5.74, 6) is 0.573. The summed E-state index contributed by atoms with van der Waals surface area (Å²) in [6.45, 7) is 0.387. The van der Waals surface area contributed by atoms with E-state index in [4.69, 9.17) is 22.1 Å². The molecule has 1 aromatic heterocycles. The lowest BCUT2D eigenvalue weighted by Crippen LogP contribution is -2.01. The first-order chi connectivity index (χ1) is 7.77. The van der Waals surface area contributed by atoms with Gasteiger partial charge in [-0.2, -0.15) is 0 Å². The molecule has 16 heavy (non-hydrogen) atoms. The van der Waals surface area contributed by atoms with E-state index in [0.29, 0.717) is 12.4 Å². The fourth-order valence-corrected chi connectivity index (χ4v) is 1.42. The Morgan fingerprint density at radius 3 is 2.62 bits per heavy atom. The quantitative estimate of drug-likeness (QED) is 0.830. The number of hydrogen-bond acceptors (Lipinski definition) is 4. The first kappa shape index (κ1) is 10.7. The molecule has 0 unspecified atom stereocenters. The Kier molecular flexibility index (Phi) is 3.22. The molecule has 82 valence electrons. The standard InChI is InChI=1S/C11H10ClN3O/c12-10-9(11(13)15-7-14-10)16-6-8-4-2-1-3-5-8/h1-5,7H,6H2,(H2,13,14,15). The van der Waals surface area contributed by atoms with E-state index < -0.39 is 0 Å². The van der Waals surface area contributed by atoms with Crippen LogP contribution in [0.5, 0.6) is 5.75 Å². The van der Waals surface area contributed by atoms with E-state index >= 15 is 0 Å². The van der Waals surface area contributed by atoms with E-state index in [2.05, 4.69) is 9.97 Å². The van der Waals surface area contributed by atoms with Gasteiger partial charge in [-0.3, -0.25) is 0 Å². The van der Waals surface area contributed by atoms with Crippen LogP contribution in [0.15, 0.2) is 36.7 Å². The van der Waals surface area contributed by atoms with Gasteiger partial charge in [0.25, 0.3) is 0 Å². The molecule has 0 amide bonds. The van der Waals surface area contributed by atoms with Gasteiger partial charge in [0.2, 0.25) is 0 Å². The van der Waals surface area contributed by atoms with Crippen molar-refractivity contribution in [2.75, 3.05) is 5.73 Å². The van der Waals surface area contributed by atoms with Crippen molar-refractivity contribution in [3.63, 3.8) is 0 Å². The number of nitrogens with zero attached hydrogens (tertiary/aromatic N) is 2. The van der Waals surface area contributed by atoms with Gasteiger partial charge < -0.3 is 10.5 Å². The van der Waals surface area contributed by atoms with Crippen LogP contribution < -0.4 is 10.5 Å². The zero-order valence-corrected chi connectivity index (χ0v) is 9.19. The summed E-state index contributed by atoms with van der Waals surface area (Å²) in [6, 6.07) is 9.72. The Labute approximate surface area is 98.0 Å². The van der Waals surface area contributed by atoms with Crippen molar-refractivity contribution in [1.29, 1.82) is 0 Å². The minimum Gasteiger partial charge on any atom is -0.482 e. The molecule has 2 rings (SSSR count). The summed E-state index contributed by atoms with van der Waals surface area (Å²) in [5, 5.41) is 0.225. The van der Waals surface area contributed by atoms with Crippen molar-refractivity contribution in [1.82, 2.24) is 9.97 Å². The number of nitrogens with two attached hydrogens (primary N) is 1. The lowest BCUT2D eigenvalue weighted by molar-refractivity contribution is 0.306. The molecule has 0 aliphatic heterocycles. The van der Waals surface area contributed by atoms with E-state index in [1.54, 1.807) is 0 Å². The van der Waals surface area contributed by atoms with Crippen LogP contribution in [0.4, 0.5) is 5.82 Å². The third kappa shape index (κ3) is 2.41. The molecule has 0 aliphatic carbocycles. The number of nitrogen functional groups attached to an aromatic ring is 1. The van der Waals surface area contributed by atoms with Crippen LogP contribution in [0.1, 0.15) is 5.56 Å². The number of benzene rings is 1. The Morgan fingerprint density at radius 2 is 1.94 bits per heavy atom. The van der Waals surface area contributed by atoms with Crippen LogP contribution in [0.3, 0.4) is 0 Å². The van der Waals surface area contributed by atoms with Crippen molar-refractivity contribution in [2.24, 2.45) is 0 Å². The summed E-state index contributed by atoms with van der Waals surface area (Å²) in [6.07, 6.45) is 1.30. The third-order valence-corrected chi connectivity index (χ3v) is 2.28. The van der Waals surface area contributed by atoms with Gasteiger partial charge in [-0.15, -0.1) is 0 Å². The van der Waals surface area contributed by atoms with Crippen molar-refractivity contribution >= 4 is 17.4 Å². The Bertz CT molecular complexity index is 456. The molecule has 1 aromatic carbocycles. The Hall–Kier alpha value is -1.81. The number of rotatable bonds is 3. The SMILES string of the molecule is Nc1ncnc(Cl)c1OCc1ccccc1. The number of ether oxygens (including phenoxy) is 1. The fraction of sp³-hybridized carbons (Fsp3) is 0.0909. The maximum atomic E-state index is 5.84. The second kappa shape index (κ2) is 4.81. The molecule has 1 heterocycles. The van der Waals surface area contributed by atoms with Crippen molar-refractivity contribution in [2.45, 2.75) is 6.61 Å². The van der Waals surface area contributed by atoms with Gasteiger partial charge in [-0.05, 0) is 5.56 Å². The van der Waals surface area contributed by atoms with Crippen LogP contribution >= 0.6 is 11.6 Å². The highest BCUT2D eigenvalue weighted by Crippen LogP contribution is 2.27. The van der Waals surface area contributed by atoms with E-state index in [1.165, 1.54) is 6.33 Å². The summed E-state index contributed by atoms with van der Waals surface area (Å²) < 4.78 is 5.47. The highest BCUT2D eigenvalue weighted by atomic mass is 35.5. The normalized spacial score (nSPS) is 10.1. The predicted molar refractivity (Wildman–Crippen MR) is 62.2 cm³/mol. The van der Waals surface area contributed by atoms with E-state index in [9.17, 15) is 0 Å². The van der Waals surface area contributed by atoms with Crippen LogP contribution in [0.2, 0.25) is 5.15 Å². The third-order valence-electron chi connectivity index (χ3n) is 2.01. The van der Waals surface area contributed by atoms with E-state index in [1.807, 2.05) is 30.3 Å². The van der Waals surface area contributed by atoms with E-state index in [0.717, 1.165) is 5.56 Å². The van der Waals surface area contributed by atoms with Crippen molar-refractivity contribution in [3.05, 3.63) is 47.4 Å². The minimum absolute atomic E-state index is 0.225. The number of aromatic nitrogens is 2. The molecule has 0 aliphatic rings. The molecular formula is C11H10ClN3O. The zero-order valence-electron chi connectivity index (χ0n) is 8.43. The number of halogens is 1. The molecule has 4 nitrogen and oxygen atoms in total. The molecule has 0 atom stereocenters. The van der Waals surface area contributed by atoms with Gasteiger partial charge in [-0.25, -0.2) is 9.97 Å². The van der Waals surface area contributed by atoms with Gasteiger partial charge >= 0.3 is 0 Å². The van der Waals surface area contributed by atoms with Gasteiger partial charge in [0, 0.05) is 0 Å². The molecule has 0 saturated heterocycles. The molecule has 2 aromatic rings. The molecular weight excluding hydrogens is 226 g/mol. The number of anilines is 1. The summed E-state index contributed by atoms with van der Waals surface area (Å²) in [4.78, 5) is 7.61. The van der Waals surface area contributed by atoms with Gasteiger partial charge in [0.05, 0.1) is 0 Å². The summed E-state index contributed by atoms with van der Waals surface area (Å²) >= 11 is 5.84. The minimum atomic E-state index is 0.225. The monoisotopic (exact) mass is 235 g/mol. The fourth-order valence-electron chi connectivity index (χ4n) is 1.23. The van der Waals surface area contributed by atoms with Crippen molar-refractivity contribution in [3.8, 4) is 5.75 Å². The highest BCUT2D eigenvalue weighted by Gasteiger charge is 2.08. The smallest absolute Gasteiger partial charge is 0.199 e. The molecule has 0 fully saturated rings. The second-order valence-corrected chi connectivity index (χ2v) is 3.51. The van der Waals surface area contributed by atoms with Gasteiger partial charge in [0.1, 0.15) is 12.9 Å². The maximum absolute atomic E-state index is 5.84. The molecule has 0 radical (unpaired) electrons. The first-order valence-electron chi connectivity index (χ1n) is 4.70. The summed E-state index contributed by atoms with van der Waals surface area (Å²) in [7, 11) is 0. The molecule has 2 N–H and O–H groups in total. The Balaban J connectivity index is 2.11. The number of hydrogen-bond donors (Lipinski definition) is 1. The average molecular weight is 236 g/mol. The molecule has 0 bridgehead atoms. The van der Waals surface area contributed by atoms with Crippen LogP contribution in [-0.2, 0) is 6.61 Å².